The smallest absolute Gasteiger partial charge is 0.131 e. The number of hydrogen-bond donors (Lipinski definition) is 0. The third-order valence-corrected chi connectivity index (χ3v) is 10.8. The minimum Gasteiger partial charge on any atom is -0.339 e. The van der Waals surface area contributed by atoms with Crippen molar-refractivity contribution >= 4 is 64.2 Å². The maximum Gasteiger partial charge on any atom is 0.131 e. The number of hydrogen-bond acceptors (Lipinski definition) is 8. The first kappa shape index (κ1) is 28.2. The van der Waals surface area contributed by atoms with Crippen molar-refractivity contribution in [3.8, 4) is 58.9 Å². The summed E-state index contributed by atoms with van der Waals surface area (Å²) in [5, 5.41) is 27.4. The van der Waals surface area contributed by atoms with Crippen LogP contribution in [-0.2, 0) is 6.54 Å². The van der Waals surface area contributed by atoms with Crippen molar-refractivity contribution in [3.63, 3.8) is 0 Å². The third kappa shape index (κ3) is 6.23. The lowest BCUT2D eigenvalue weighted by Gasteiger charge is -2.11. The SMILES string of the molecule is C=NC/C(C#N)=C/c1ccc(-c2ccc(-c3ccc(-c4ccc(-c5ccc(C=C(C#N)C#N)s5)s4)n3CCC)s2)s1. The van der Waals surface area contributed by atoms with Gasteiger partial charge in [0.1, 0.15) is 17.7 Å². The zero-order valence-corrected chi connectivity index (χ0v) is 25.4. The van der Waals surface area contributed by atoms with E-state index in [1.54, 1.807) is 51.4 Å². The van der Waals surface area contributed by atoms with Crippen molar-refractivity contribution < 1.29 is 0 Å². The first-order valence-electron chi connectivity index (χ1n) is 12.7. The standard InChI is InChI=1S/C32H23N5S4/c1-3-14-37-25(27-10-12-31(40-27)29-8-4-23(38-29)15-21(17-33)18-34)6-7-26(37)28-11-13-32(41-28)30-9-5-24(39-30)16-22(19-35)20-36-2/h4-13,15-16H,2-3,14,20H2,1H3/b22-16+. The van der Waals surface area contributed by atoms with E-state index in [2.05, 4.69) is 71.7 Å². The fourth-order valence-corrected chi connectivity index (χ4v) is 8.53. The van der Waals surface area contributed by atoms with Gasteiger partial charge < -0.3 is 4.57 Å². The summed E-state index contributed by atoms with van der Waals surface area (Å²) in [6, 6.07) is 27.3. The molecule has 5 aromatic rings. The molecule has 0 aromatic carbocycles. The highest BCUT2D eigenvalue weighted by Crippen LogP contribution is 2.42. The Labute approximate surface area is 255 Å². The maximum atomic E-state index is 9.31. The second-order valence-electron chi connectivity index (χ2n) is 8.93. The molecule has 0 bridgehead atoms. The Hall–Kier alpha value is -4.30. The normalized spacial score (nSPS) is 11.0. The Balaban J connectivity index is 1.41. The van der Waals surface area contributed by atoms with E-state index < -0.39 is 0 Å². The summed E-state index contributed by atoms with van der Waals surface area (Å²) < 4.78 is 2.41. The molecule has 0 N–H and O–H groups in total. The molecule has 0 spiro atoms. The molecule has 0 aliphatic carbocycles. The Morgan fingerprint density at radius 1 is 0.707 bits per heavy atom. The van der Waals surface area contributed by atoms with Gasteiger partial charge in [-0.05, 0) is 86.0 Å². The summed E-state index contributed by atoms with van der Waals surface area (Å²) in [6.07, 6.45) is 4.54. The lowest BCUT2D eigenvalue weighted by molar-refractivity contribution is 0.697. The van der Waals surface area contributed by atoms with Crippen LogP contribution in [0.15, 0.2) is 76.8 Å². The largest absolute Gasteiger partial charge is 0.339 e. The van der Waals surface area contributed by atoms with Crippen molar-refractivity contribution in [1.29, 1.82) is 15.8 Å². The van der Waals surface area contributed by atoms with Crippen molar-refractivity contribution in [2.24, 2.45) is 4.99 Å². The van der Waals surface area contributed by atoms with Crippen LogP contribution in [0, 0.1) is 34.0 Å². The minimum absolute atomic E-state index is 0.109. The summed E-state index contributed by atoms with van der Waals surface area (Å²) in [6.45, 7) is 6.93. The monoisotopic (exact) mass is 605 g/mol. The van der Waals surface area contributed by atoms with Gasteiger partial charge in [0.25, 0.3) is 0 Å². The van der Waals surface area contributed by atoms with E-state index in [4.69, 9.17) is 10.5 Å². The lowest BCUT2D eigenvalue weighted by atomic mass is 10.2. The van der Waals surface area contributed by atoms with Gasteiger partial charge >= 0.3 is 0 Å². The molecule has 9 heteroatoms. The summed E-state index contributed by atoms with van der Waals surface area (Å²) in [4.78, 5) is 12.8. The molecule has 0 atom stereocenters. The predicted molar refractivity (Wildman–Crippen MR) is 175 cm³/mol. The fourth-order valence-electron chi connectivity index (χ4n) is 4.34. The summed E-state index contributed by atoms with van der Waals surface area (Å²) >= 11 is 6.78. The molecule has 0 aliphatic heterocycles. The van der Waals surface area contributed by atoms with Gasteiger partial charge in [0.05, 0.1) is 39.3 Å². The Morgan fingerprint density at radius 3 is 1.68 bits per heavy atom. The molecule has 0 aliphatic rings. The van der Waals surface area contributed by atoms with Crippen LogP contribution in [0.5, 0.6) is 0 Å². The zero-order valence-electron chi connectivity index (χ0n) is 22.1. The van der Waals surface area contributed by atoms with Gasteiger partial charge in [-0.3, -0.25) is 4.99 Å². The number of aliphatic imine (C=N–C) groups is 1. The predicted octanol–water partition coefficient (Wildman–Crippen LogP) is 9.85. The first-order valence-corrected chi connectivity index (χ1v) is 16.0. The molecule has 5 aromatic heterocycles. The number of aromatic nitrogens is 1. The van der Waals surface area contributed by atoms with Crippen LogP contribution < -0.4 is 0 Å². The summed E-state index contributed by atoms with van der Waals surface area (Å²) in [5.74, 6) is 0. The Kier molecular flexibility index (Phi) is 8.89. The maximum absolute atomic E-state index is 9.31. The van der Waals surface area contributed by atoms with Crippen molar-refractivity contribution in [1.82, 2.24) is 4.57 Å². The van der Waals surface area contributed by atoms with Gasteiger partial charge in [-0.1, -0.05) is 6.92 Å². The molecule has 0 amide bonds. The van der Waals surface area contributed by atoms with Gasteiger partial charge in [0.2, 0.25) is 0 Å². The molecular formula is C32H23N5S4. The number of allylic oxidation sites excluding steroid dienone is 1. The molecular weight excluding hydrogens is 583 g/mol. The van der Waals surface area contributed by atoms with E-state index >= 15 is 0 Å². The Bertz CT molecular complexity index is 1880. The van der Waals surface area contributed by atoms with Gasteiger partial charge in [-0.2, -0.15) is 15.8 Å². The van der Waals surface area contributed by atoms with Gasteiger partial charge in [-0.25, -0.2) is 0 Å². The highest BCUT2D eigenvalue weighted by atomic mass is 32.1. The molecule has 200 valence electrons. The van der Waals surface area contributed by atoms with Gasteiger partial charge in [-0.15, -0.1) is 45.3 Å². The summed E-state index contributed by atoms with van der Waals surface area (Å²) in [5.41, 5.74) is 3.12. The van der Waals surface area contributed by atoms with E-state index in [1.165, 1.54) is 30.9 Å². The third-order valence-electron chi connectivity index (χ3n) is 6.15. The van der Waals surface area contributed by atoms with E-state index in [0.717, 1.165) is 32.5 Å². The lowest BCUT2D eigenvalue weighted by Crippen LogP contribution is -2.00. The van der Waals surface area contributed by atoms with Crippen LogP contribution in [0.2, 0.25) is 0 Å². The van der Waals surface area contributed by atoms with Crippen molar-refractivity contribution in [2.75, 3.05) is 6.54 Å². The Morgan fingerprint density at radius 2 is 1.20 bits per heavy atom. The zero-order chi connectivity index (χ0) is 28.8. The average molecular weight is 606 g/mol. The topological polar surface area (TPSA) is 88.7 Å². The second-order valence-corrected chi connectivity index (χ2v) is 13.3. The van der Waals surface area contributed by atoms with Crippen LogP contribution >= 0.6 is 45.3 Å². The quantitative estimate of drug-likeness (QED) is 0.117. The molecule has 0 unspecified atom stereocenters. The summed E-state index contributed by atoms with van der Waals surface area (Å²) in [7, 11) is 0. The molecule has 0 fully saturated rings. The van der Waals surface area contributed by atoms with Crippen molar-refractivity contribution in [2.45, 2.75) is 19.9 Å². The number of nitrogens with zero attached hydrogens (tertiary/aromatic N) is 5. The van der Waals surface area contributed by atoms with Crippen LogP contribution in [0.1, 0.15) is 23.1 Å². The number of nitriles is 3. The first-order chi connectivity index (χ1) is 20.1. The molecule has 0 saturated heterocycles. The second kappa shape index (κ2) is 12.9. The number of thiophene rings is 4. The molecule has 5 rings (SSSR count). The van der Waals surface area contributed by atoms with Crippen molar-refractivity contribution in [3.05, 3.63) is 81.6 Å². The van der Waals surface area contributed by atoms with Crippen LogP contribution in [0.25, 0.3) is 52.8 Å². The number of rotatable bonds is 10. The fraction of sp³-hybridized carbons (Fsp3) is 0.125. The molecule has 41 heavy (non-hydrogen) atoms. The average Bonchev–Trinajstić information content (AvgIpc) is 3.81. The van der Waals surface area contributed by atoms with Gasteiger partial charge in [0.15, 0.2) is 0 Å². The van der Waals surface area contributed by atoms with Crippen LogP contribution in [0.3, 0.4) is 0 Å². The highest BCUT2D eigenvalue weighted by molar-refractivity contribution is 7.24. The van der Waals surface area contributed by atoms with E-state index in [-0.39, 0.29) is 5.57 Å². The molecule has 5 nitrogen and oxygen atoms in total. The molecule has 5 heterocycles. The van der Waals surface area contributed by atoms with Crippen LogP contribution in [-0.4, -0.2) is 17.8 Å². The van der Waals surface area contributed by atoms with E-state index in [0.29, 0.717) is 12.1 Å². The van der Waals surface area contributed by atoms with E-state index in [9.17, 15) is 5.26 Å². The van der Waals surface area contributed by atoms with Crippen LogP contribution in [0.4, 0.5) is 0 Å². The van der Waals surface area contributed by atoms with E-state index in [1.807, 2.05) is 36.4 Å². The minimum atomic E-state index is 0.109. The molecule has 0 radical (unpaired) electrons. The molecule has 0 saturated carbocycles. The van der Waals surface area contributed by atoms with Gasteiger partial charge in [0, 0.05) is 35.8 Å². The highest BCUT2D eigenvalue weighted by Gasteiger charge is 2.16.